The van der Waals surface area contributed by atoms with Crippen molar-refractivity contribution in [3.05, 3.63) is 95.4 Å². The van der Waals surface area contributed by atoms with E-state index in [1.807, 2.05) is 0 Å². The molecule has 4 rings (SSSR count). The largest absolute Gasteiger partial charge is 0.466 e. The SMILES string of the molecule is CCCCCCCCCCCCOC(=O)CCC(=O)c1ccc(Cl)c(Nc2[nH]n(-c3c(Cl)cc(Cl)cc3Cl)c(=O)c2N(C(N)=O)c2c(F)c(F)c(F)c(F)c2F)c1. The van der Waals surface area contributed by atoms with E-state index in [2.05, 4.69) is 17.3 Å². The van der Waals surface area contributed by atoms with Crippen molar-refractivity contribution >= 4 is 87.1 Å². The molecular formula is C38H38Cl4F5N5O5. The number of nitrogens with two attached hydrogens (primary N) is 1. The molecule has 0 aliphatic carbocycles. The molecule has 0 saturated carbocycles. The van der Waals surface area contributed by atoms with Gasteiger partial charge in [0.05, 0.1) is 33.8 Å². The molecule has 4 aromatic rings. The number of Topliss-reactive ketones (excluding diaryl/α,β-unsaturated/α-hetero) is 1. The third-order valence-electron chi connectivity index (χ3n) is 8.79. The number of unbranched alkanes of at least 4 members (excludes halogenated alkanes) is 9. The van der Waals surface area contributed by atoms with Crippen molar-refractivity contribution in [2.75, 3.05) is 16.8 Å². The number of aromatic nitrogens is 2. The molecule has 0 spiro atoms. The first kappa shape index (κ1) is 45.4. The first-order valence-corrected chi connectivity index (χ1v) is 19.5. The minimum Gasteiger partial charge on any atom is -0.466 e. The van der Waals surface area contributed by atoms with Crippen LogP contribution in [-0.2, 0) is 9.53 Å². The number of carbonyl (C=O) groups excluding carboxylic acids is 3. The van der Waals surface area contributed by atoms with Gasteiger partial charge in [0.15, 0.2) is 40.6 Å². The summed E-state index contributed by atoms with van der Waals surface area (Å²) in [6.07, 6.45) is 10.6. The Kier molecular flexibility index (Phi) is 16.7. The van der Waals surface area contributed by atoms with Crippen LogP contribution in [0.4, 0.5) is 49.6 Å². The smallest absolute Gasteiger partial charge is 0.324 e. The van der Waals surface area contributed by atoms with Gasteiger partial charge in [0.1, 0.15) is 11.4 Å². The van der Waals surface area contributed by atoms with E-state index in [0.717, 1.165) is 19.3 Å². The predicted molar refractivity (Wildman–Crippen MR) is 210 cm³/mol. The molecule has 4 N–H and O–H groups in total. The average molecular weight is 882 g/mol. The highest BCUT2D eigenvalue weighted by molar-refractivity contribution is 6.40. The lowest BCUT2D eigenvalue weighted by Gasteiger charge is -2.22. The summed E-state index contributed by atoms with van der Waals surface area (Å²) >= 11 is 25.0. The van der Waals surface area contributed by atoms with E-state index in [9.17, 15) is 32.3 Å². The third-order valence-corrected chi connectivity index (χ3v) is 9.91. The number of amides is 2. The topological polar surface area (TPSA) is 140 Å². The van der Waals surface area contributed by atoms with Crippen LogP contribution in [0, 0.1) is 29.1 Å². The van der Waals surface area contributed by atoms with Crippen LogP contribution < -0.4 is 21.5 Å². The number of halogens is 9. The molecule has 1 aromatic heterocycles. The standard InChI is InChI=1S/C38H38Cl4F5N5O5/c1-2-3-4-5-6-7-8-9-10-11-16-57-27(54)15-14-26(53)20-12-13-22(40)25(17-20)49-36-35(37(55)52(50-36)33-23(41)18-21(39)19-24(33)42)51(38(48)56)34-31(46)29(44)28(43)30(45)32(34)47/h12-13,17-19,49-50H,2-11,14-16H2,1H3,(H2,48,56). The number of ketones is 1. The molecular weight excluding hydrogens is 843 g/mol. The third kappa shape index (κ3) is 11.2. The number of H-pyrrole nitrogens is 1. The molecule has 0 aliphatic heterocycles. The van der Waals surface area contributed by atoms with Gasteiger partial charge in [-0.25, -0.2) is 36.3 Å². The fourth-order valence-electron chi connectivity index (χ4n) is 5.89. The Morgan fingerprint density at radius 2 is 1.30 bits per heavy atom. The summed E-state index contributed by atoms with van der Waals surface area (Å²) in [5.74, 6) is -14.2. The second-order valence-electron chi connectivity index (χ2n) is 12.9. The number of primary amides is 1. The van der Waals surface area contributed by atoms with Crippen molar-refractivity contribution in [3.63, 3.8) is 0 Å². The van der Waals surface area contributed by atoms with Crippen molar-refractivity contribution < 1.29 is 41.1 Å². The normalized spacial score (nSPS) is 11.2. The molecule has 0 saturated heterocycles. The summed E-state index contributed by atoms with van der Waals surface area (Å²) in [5.41, 5.74) is 0.514. The number of aromatic amines is 1. The van der Waals surface area contributed by atoms with Gasteiger partial charge in [-0.3, -0.25) is 19.5 Å². The Balaban J connectivity index is 1.58. The number of anilines is 4. The fourth-order valence-corrected chi connectivity index (χ4v) is 7.04. The van der Waals surface area contributed by atoms with Crippen molar-refractivity contribution in [3.8, 4) is 5.69 Å². The molecule has 3 aromatic carbocycles. The monoisotopic (exact) mass is 879 g/mol. The molecule has 19 heteroatoms. The molecule has 0 bridgehead atoms. The van der Waals surface area contributed by atoms with Gasteiger partial charge in [-0.2, -0.15) is 0 Å². The van der Waals surface area contributed by atoms with Gasteiger partial charge in [0.25, 0.3) is 5.56 Å². The van der Waals surface area contributed by atoms with E-state index in [4.69, 9.17) is 56.9 Å². The van der Waals surface area contributed by atoms with Crippen LogP contribution in [0.3, 0.4) is 0 Å². The van der Waals surface area contributed by atoms with Gasteiger partial charge in [-0.1, -0.05) is 111 Å². The first-order chi connectivity index (χ1) is 27.1. The highest BCUT2D eigenvalue weighted by Crippen LogP contribution is 2.39. The van der Waals surface area contributed by atoms with Crippen LogP contribution in [0.25, 0.3) is 5.69 Å². The minimum absolute atomic E-state index is 0.00281. The molecule has 0 radical (unpaired) electrons. The maximum Gasteiger partial charge on any atom is 0.324 e. The van der Waals surface area contributed by atoms with E-state index < -0.39 is 69.6 Å². The number of carbonyl (C=O) groups is 3. The van der Waals surface area contributed by atoms with E-state index in [0.29, 0.717) is 11.1 Å². The van der Waals surface area contributed by atoms with Crippen molar-refractivity contribution in [2.45, 2.75) is 84.0 Å². The van der Waals surface area contributed by atoms with E-state index >= 15 is 8.78 Å². The lowest BCUT2D eigenvalue weighted by molar-refractivity contribution is -0.143. The molecule has 0 aliphatic rings. The molecule has 2 amide bonds. The number of esters is 1. The highest BCUT2D eigenvalue weighted by atomic mass is 35.5. The summed E-state index contributed by atoms with van der Waals surface area (Å²) in [7, 11) is 0. The summed E-state index contributed by atoms with van der Waals surface area (Å²) in [4.78, 5) is 52.1. The summed E-state index contributed by atoms with van der Waals surface area (Å²) in [5, 5.41) is 4.48. The number of rotatable bonds is 20. The molecule has 57 heavy (non-hydrogen) atoms. The Morgan fingerprint density at radius 3 is 1.86 bits per heavy atom. The van der Waals surface area contributed by atoms with Gasteiger partial charge in [-0.15, -0.1) is 0 Å². The summed E-state index contributed by atoms with van der Waals surface area (Å²) in [6, 6.07) is 4.25. The zero-order valence-corrected chi connectivity index (χ0v) is 33.5. The van der Waals surface area contributed by atoms with Gasteiger partial charge < -0.3 is 15.8 Å². The van der Waals surface area contributed by atoms with E-state index in [1.165, 1.54) is 68.9 Å². The van der Waals surface area contributed by atoms with Gasteiger partial charge in [0.2, 0.25) is 5.82 Å². The number of hydrogen-bond donors (Lipinski definition) is 3. The summed E-state index contributed by atoms with van der Waals surface area (Å²) in [6.45, 7) is 2.40. The summed E-state index contributed by atoms with van der Waals surface area (Å²) < 4.78 is 78.9. The zero-order chi connectivity index (χ0) is 42.0. The molecule has 0 unspecified atom stereocenters. The van der Waals surface area contributed by atoms with Crippen molar-refractivity contribution in [1.82, 2.24) is 9.78 Å². The van der Waals surface area contributed by atoms with Crippen LogP contribution in [0.1, 0.15) is 94.3 Å². The Hall–Kier alpha value is -4.31. The molecule has 10 nitrogen and oxygen atoms in total. The highest BCUT2D eigenvalue weighted by Gasteiger charge is 2.36. The van der Waals surface area contributed by atoms with E-state index in [-0.39, 0.29) is 61.4 Å². The van der Waals surface area contributed by atoms with Crippen LogP contribution in [0.5, 0.6) is 0 Å². The van der Waals surface area contributed by atoms with Crippen LogP contribution in [0.15, 0.2) is 35.1 Å². The number of ether oxygens (including phenoxy) is 1. The quantitative estimate of drug-likeness (QED) is 0.0202. The van der Waals surface area contributed by atoms with Crippen molar-refractivity contribution in [1.29, 1.82) is 0 Å². The van der Waals surface area contributed by atoms with Crippen LogP contribution in [-0.4, -0.2) is 34.2 Å². The average Bonchev–Trinajstić information content (AvgIpc) is 3.46. The fraction of sp³-hybridized carbons (Fsp3) is 0.368. The van der Waals surface area contributed by atoms with Crippen molar-refractivity contribution in [2.24, 2.45) is 5.73 Å². The molecule has 1 heterocycles. The van der Waals surface area contributed by atoms with Gasteiger partial charge >= 0.3 is 12.0 Å². The molecule has 0 fully saturated rings. The van der Waals surface area contributed by atoms with E-state index in [1.54, 1.807) is 0 Å². The zero-order valence-electron chi connectivity index (χ0n) is 30.5. The number of hydrogen-bond acceptors (Lipinski definition) is 6. The maximum absolute atomic E-state index is 15.2. The Bertz CT molecular complexity index is 2130. The Morgan fingerprint density at radius 1 is 0.754 bits per heavy atom. The second-order valence-corrected chi connectivity index (χ2v) is 14.6. The first-order valence-electron chi connectivity index (χ1n) is 17.9. The number of urea groups is 1. The van der Waals surface area contributed by atoms with Crippen LogP contribution >= 0.6 is 46.4 Å². The number of nitrogens with zero attached hydrogens (tertiary/aromatic N) is 2. The molecule has 308 valence electrons. The number of benzene rings is 3. The number of nitrogens with one attached hydrogen (secondary N) is 2. The van der Waals surface area contributed by atoms with Gasteiger partial charge in [-0.05, 0) is 36.8 Å². The second kappa shape index (κ2) is 20.9. The Labute approximate surface area is 344 Å². The maximum atomic E-state index is 15.2. The lowest BCUT2D eigenvalue weighted by atomic mass is 10.1. The lowest BCUT2D eigenvalue weighted by Crippen LogP contribution is -2.37. The van der Waals surface area contributed by atoms with Crippen LogP contribution in [0.2, 0.25) is 20.1 Å². The molecule has 0 atom stereocenters. The minimum atomic E-state index is -2.54. The van der Waals surface area contributed by atoms with Gasteiger partial charge in [0, 0.05) is 17.0 Å². The predicted octanol–water partition coefficient (Wildman–Crippen LogP) is 11.9.